The molecule has 0 heterocycles. The minimum absolute atomic E-state index is 0.0810. The van der Waals surface area contributed by atoms with E-state index in [0.29, 0.717) is 0 Å². The van der Waals surface area contributed by atoms with Crippen molar-refractivity contribution in [3.63, 3.8) is 0 Å². The van der Waals surface area contributed by atoms with Crippen LogP contribution in [0.4, 0.5) is 0 Å². The van der Waals surface area contributed by atoms with Gasteiger partial charge in [0.2, 0.25) is 0 Å². The van der Waals surface area contributed by atoms with Gasteiger partial charge >= 0.3 is 0 Å². The Morgan fingerprint density at radius 1 is 1.29 bits per heavy atom. The number of rotatable bonds is 1. The van der Waals surface area contributed by atoms with E-state index in [9.17, 15) is 4.79 Å². The minimum atomic E-state index is -0.240. The highest BCUT2D eigenvalue weighted by atomic mass is 16.1. The summed E-state index contributed by atoms with van der Waals surface area (Å²) in [7, 11) is 0. The van der Waals surface area contributed by atoms with Gasteiger partial charge in [-0.3, -0.25) is 4.79 Å². The van der Waals surface area contributed by atoms with Gasteiger partial charge in [0, 0.05) is 23.6 Å². The van der Waals surface area contributed by atoms with Gasteiger partial charge in [-0.25, -0.2) is 0 Å². The van der Waals surface area contributed by atoms with E-state index in [4.69, 9.17) is 5.73 Å². The maximum Gasteiger partial charge on any atom is 0.296 e. The van der Waals surface area contributed by atoms with Crippen molar-refractivity contribution in [3.05, 3.63) is 35.9 Å². The molecule has 0 bridgehead atoms. The fourth-order valence-electron chi connectivity index (χ4n) is 2.02. The summed E-state index contributed by atoms with van der Waals surface area (Å²) in [6.45, 7) is 0. The average Bonchev–Trinajstić information content (AvgIpc) is 2.74. The molecule has 88 valence electrons. The van der Waals surface area contributed by atoms with Crippen molar-refractivity contribution in [2.24, 2.45) is 5.73 Å². The summed E-state index contributed by atoms with van der Waals surface area (Å²) in [4.78, 5) is 11.6. The first-order valence-corrected chi connectivity index (χ1v) is 5.89. The molecular weight excluding hydrogens is 212 g/mol. The zero-order valence-corrected chi connectivity index (χ0v) is 9.65. The number of benzene rings is 1. The third-order valence-electron chi connectivity index (χ3n) is 2.98. The van der Waals surface area contributed by atoms with Crippen LogP contribution in [-0.2, 0) is 4.79 Å². The molecule has 17 heavy (non-hydrogen) atoms. The minimum Gasteiger partial charge on any atom is -0.341 e. The third kappa shape index (κ3) is 3.33. The number of nitrogens with one attached hydrogen (secondary N) is 1. The van der Waals surface area contributed by atoms with Crippen LogP contribution < -0.4 is 11.1 Å². The molecule has 0 radical (unpaired) electrons. The van der Waals surface area contributed by atoms with Gasteiger partial charge in [0.15, 0.2) is 0 Å². The molecule has 1 aliphatic rings. The first kappa shape index (κ1) is 11.7. The second kappa shape index (κ2) is 5.51. The second-order valence-corrected chi connectivity index (χ2v) is 4.29. The lowest BCUT2D eigenvalue weighted by molar-refractivity contribution is -0.116. The number of amides is 1. The number of hydrogen-bond donors (Lipinski definition) is 2. The van der Waals surface area contributed by atoms with Crippen molar-refractivity contribution in [1.29, 1.82) is 0 Å². The molecule has 0 spiro atoms. The molecular formula is C14H16N2O. The number of nitrogens with two attached hydrogens (primary N) is 1. The molecule has 0 aliphatic heterocycles. The summed E-state index contributed by atoms with van der Waals surface area (Å²) in [5.74, 6) is 5.18. The monoisotopic (exact) mass is 228 g/mol. The van der Waals surface area contributed by atoms with Crippen LogP contribution in [-0.4, -0.2) is 18.0 Å². The zero-order valence-electron chi connectivity index (χ0n) is 9.65. The van der Waals surface area contributed by atoms with E-state index in [1.54, 1.807) is 0 Å². The van der Waals surface area contributed by atoms with Crippen molar-refractivity contribution < 1.29 is 4.79 Å². The standard InChI is InChI=1S/C14H16N2O/c15-12-7-4-8-13(12)16-14(17)10-9-11-5-2-1-3-6-11/h1-3,5-6,12-13H,4,7-8,15H2,(H,16,17). The maximum absolute atomic E-state index is 11.6. The fourth-order valence-corrected chi connectivity index (χ4v) is 2.02. The van der Waals surface area contributed by atoms with E-state index in [1.807, 2.05) is 30.3 Å². The smallest absolute Gasteiger partial charge is 0.296 e. The highest BCUT2D eigenvalue weighted by Crippen LogP contribution is 2.16. The first-order valence-electron chi connectivity index (χ1n) is 5.89. The Kier molecular flexibility index (Phi) is 3.79. The highest BCUT2D eigenvalue weighted by Gasteiger charge is 2.24. The summed E-state index contributed by atoms with van der Waals surface area (Å²) in [6.07, 6.45) is 3.02. The summed E-state index contributed by atoms with van der Waals surface area (Å²) in [6, 6.07) is 9.64. The molecule has 0 saturated heterocycles. The molecule has 2 unspecified atom stereocenters. The van der Waals surface area contributed by atoms with E-state index in [2.05, 4.69) is 17.2 Å². The Hall–Kier alpha value is -1.79. The molecule has 1 aromatic rings. The molecule has 1 fully saturated rings. The topological polar surface area (TPSA) is 55.1 Å². The van der Waals surface area contributed by atoms with Crippen molar-refractivity contribution in [2.45, 2.75) is 31.3 Å². The SMILES string of the molecule is NC1CCCC1NC(=O)C#Cc1ccccc1. The quantitative estimate of drug-likeness (QED) is 0.705. The van der Waals surface area contributed by atoms with Gasteiger partial charge in [-0.1, -0.05) is 24.1 Å². The Balaban J connectivity index is 1.92. The summed E-state index contributed by atoms with van der Waals surface area (Å²) in [5.41, 5.74) is 6.72. The van der Waals surface area contributed by atoms with E-state index in [0.717, 1.165) is 24.8 Å². The summed E-state index contributed by atoms with van der Waals surface area (Å²) >= 11 is 0. The lowest BCUT2D eigenvalue weighted by Crippen LogP contribution is -2.43. The van der Waals surface area contributed by atoms with Crippen LogP contribution in [0.2, 0.25) is 0 Å². The predicted molar refractivity (Wildman–Crippen MR) is 67.1 cm³/mol. The number of carbonyl (C=O) groups is 1. The lowest BCUT2D eigenvalue weighted by atomic mass is 10.2. The van der Waals surface area contributed by atoms with Gasteiger partial charge in [0.25, 0.3) is 5.91 Å². The summed E-state index contributed by atoms with van der Waals surface area (Å²) in [5, 5.41) is 2.86. The van der Waals surface area contributed by atoms with Crippen molar-refractivity contribution in [3.8, 4) is 11.8 Å². The van der Waals surface area contributed by atoms with Crippen molar-refractivity contribution >= 4 is 5.91 Å². The molecule has 3 nitrogen and oxygen atoms in total. The number of hydrogen-bond acceptors (Lipinski definition) is 2. The van der Waals surface area contributed by atoms with Crippen molar-refractivity contribution in [1.82, 2.24) is 5.32 Å². The summed E-state index contributed by atoms with van der Waals surface area (Å²) < 4.78 is 0. The first-order chi connectivity index (χ1) is 8.25. The highest BCUT2D eigenvalue weighted by molar-refractivity contribution is 5.94. The Bertz CT molecular complexity index is 444. The predicted octanol–water partition coefficient (Wildman–Crippen LogP) is 1.03. The maximum atomic E-state index is 11.6. The molecule has 2 rings (SSSR count). The molecule has 1 aliphatic carbocycles. The molecule has 1 saturated carbocycles. The van der Waals surface area contributed by atoms with Gasteiger partial charge in [-0.05, 0) is 31.4 Å². The van der Waals surface area contributed by atoms with Crippen LogP contribution >= 0.6 is 0 Å². The Morgan fingerprint density at radius 2 is 2.06 bits per heavy atom. The van der Waals surface area contributed by atoms with Gasteiger partial charge in [0.1, 0.15) is 0 Å². The van der Waals surface area contributed by atoms with E-state index < -0.39 is 0 Å². The van der Waals surface area contributed by atoms with Crippen LogP contribution in [0.5, 0.6) is 0 Å². The van der Waals surface area contributed by atoms with Crippen LogP contribution in [0.25, 0.3) is 0 Å². The number of carbonyl (C=O) groups excluding carboxylic acids is 1. The van der Waals surface area contributed by atoms with Crippen molar-refractivity contribution in [2.75, 3.05) is 0 Å². The molecule has 0 aromatic heterocycles. The Labute approximate surface area is 101 Å². The van der Waals surface area contributed by atoms with Crippen LogP contribution in [0.15, 0.2) is 30.3 Å². The molecule has 1 amide bonds. The average molecular weight is 228 g/mol. The van der Waals surface area contributed by atoms with E-state index >= 15 is 0 Å². The van der Waals surface area contributed by atoms with Gasteiger partial charge in [-0.15, -0.1) is 0 Å². The molecule has 2 atom stereocenters. The van der Waals surface area contributed by atoms with Crippen LogP contribution in [0, 0.1) is 11.8 Å². The van der Waals surface area contributed by atoms with Crippen LogP contribution in [0.3, 0.4) is 0 Å². The zero-order chi connectivity index (χ0) is 12.1. The second-order valence-electron chi connectivity index (χ2n) is 4.29. The largest absolute Gasteiger partial charge is 0.341 e. The van der Waals surface area contributed by atoms with Gasteiger partial charge in [0.05, 0.1) is 0 Å². The van der Waals surface area contributed by atoms with E-state index in [-0.39, 0.29) is 18.0 Å². The molecule has 1 aromatic carbocycles. The fraction of sp³-hybridized carbons (Fsp3) is 0.357. The Morgan fingerprint density at radius 3 is 2.71 bits per heavy atom. The molecule has 3 heteroatoms. The van der Waals surface area contributed by atoms with E-state index in [1.165, 1.54) is 0 Å². The third-order valence-corrected chi connectivity index (χ3v) is 2.98. The normalized spacial score (nSPS) is 22.6. The molecule has 3 N–H and O–H groups in total. The van der Waals surface area contributed by atoms with Gasteiger partial charge in [-0.2, -0.15) is 0 Å². The van der Waals surface area contributed by atoms with Gasteiger partial charge < -0.3 is 11.1 Å². The van der Waals surface area contributed by atoms with Crippen LogP contribution in [0.1, 0.15) is 24.8 Å². The lowest BCUT2D eigenvalue weighted by Gasteiger charge is -2.14.